The lowest BCUT2D eigenvalue weighted by Gasteiger charge is -2.28. The molecular formula is C40H43N3O7. The molecule has 0 heterocycles. The number of carbonyl (C=O) groups excluding carboxylic acids is 2. The molecule has 0 aromatic heterocycles. The summed E-state index contributed by atoms with van der Waals surface area (Å²) in [5.74, 6) is -1.82. The summed E-state index contributed by atoms with van der Waals surface area (Å²) in [6.45, 7) is 1.50. The minimum absolute atomic E-state index is 0.0917. The van der Waals surface area contributed by atoms with Gasteiger partial charge >= 0.3 is 11.9 Å². The number of nitrogens with one attached hydrogen (secondary N) is 2. The number of nitrogens with zero attached hydrogens (tertiary/aromatic N) is 1. The molecule has 0 aliphatic rings. The van der Waals surface area contributed by atoms with E-state index in [0.29, 0.717) is 62.5 Å². The maximum Gasteiger partial charge on any atom is 0.320 e. The maximum atomic E-state index is 12.6. The van der Waals surface area contributed by atoms with Crippen LogP contribution in [0, 0.1) is 0 Å². The number of amides is 2. The molecule has 4 aromatic carbocycles. The molecule has 0 radical (unpaired) electrons. The van der Waals surface area contributed by atoms with Crippen LogP contribution in [0.4, 0.5) is 5.69 Å². The van der Waals surface area contributed by atoms with Gasteiger partial charge in [0.1, 0.15) is 18.4 Å². The molecule has 4 N–H and O–H groups in total. The molecule has 0 unspecified atom stereocenters. The highest BCUT2D eigenvalue weighted by atomic mass is 16.5. The number of hydrogen-bond acceptors (Lipinski definition) is 6. The molecule has 0 aliphatic heterocycles. The van der Waals surface area contributed by atoms with E-state index in [2.05, 4.69) is 10.6 Å². The molecule has 50 heavy (non-hydrogen) atoms. The van der Waals surface area contributed by atoms with Crippen LogP contribution in [0.2, 0.25) is 0 Å². The SMILES string of the molecule is O=C(O)CCC(=O)NCCCC[C@@H](C(=O)O)N(C/C=C/c1cccc(NC(=O)c2ccccc2)c1)Cc1ccc(OCc2ccccc2)cc1. The summed E-state index contributed by atoms with van der Waals surface area (Å²) in [6, 6.07) is 33.1. The van der Waals surface area contributed by atoms with Crippen LogP contribution in [0.25, 0.3) is 6.08 Å². The van der Waals surface area contributed by atoms with Crippen molar-refractivity contribution < 1.29 is 34.1 Å². The number of ether oxygens (including phenoxy) is 1. The Balaban J connectivity index is 1.41. The largest absolute Gasteiger partial charge is 0.489 e. The first-order valence-electron chi connectivity index (χ1n) is 16.6. The average Bonchev–Trinajstić information content (AvgIpc) is 3.12. The van der Waals surface area contributed by atoms with Gasteiger partial charge in [0.15, 0.2) is 0 Å². The molecule has 0 saturated heterocycles. The zero-order valence-corrected chi connectivity index (χ0v) is 27.9. The molecule has 4 rings (SSSR count). The standard InChI is InChI=1S/C40H43N3O7/c44-37(23-24-38(45)46)41-25-8-7-18-36(40(48)49)43(28-31-19-21-35(22-20-31)50-29-32-11-3-1-4-12-32)26-10-14-30-13-9-17-34(27-30)42-39(47)33-15-5-2-6-16-33/h1-6,9-17,19-22,27,36H,7-8,18,23-26,28-29H2,(H,41,44)(H,42,47)(H,45,46)(H,48,49)/b14-10+/t36-/m0/s1. The van der Waals surface area contributed by atoms with E-state index >= 15 is 0 Å². The van der Waals surface area contributed by atoms with E-state index in [-0.39, 0.29) is 24.7 Å². The number of aliphatic carboxylic acids is 2. The normalized spacial score (nSPS) is 11.6. The molecule has 260 valence electrons. The van der Waals surface area contributed by atoms with E-state index in [1.165, 1.54) is 0 Å². The van der Waals surface area contributed by atoms with Crippen LogP contribution >= 0.6 is 0 Å². The highest BCUT2D eigenvalue weighted by molar-refractivity contribution is 6.04. The Bertz CT molecular complexity index is 1710. The van der Waals surface area contributed by atoms with E-state index in [0.717, 1.165) is 16.7 Å². The van der Waals surface area contributed by atoms with Gasteiger partial charge < -0.3 is 25.6 Å². The number of carboxylic acid groups (broad SMARTS) is 2. The van der Waals surface area contributed by atoms with Gasteiger partial charge in [0.05, 0.1) is 6.42 Å². The van der Waals surface area contributed by atoms with E-state index in [4.69, 9.17) is 9.84 Å². The predicted octanol–water partition coefficient (Wildman–Crippen LogP) is 6.64. The van der Waals surface area contributed by atoms with Gasteiger partial charge in [-0.25, -0.2) is 0 Å². The molecule has 10 heteroatoms. The van der Waals surface area contributed by atoms with Crippen molar-refractivity contribution >= 4 is 35.5 Å². The fourth-order valence-corrected chi connectivity index (χ4v) is 5.27. The van der Waals surface area contributed by atoms with Crippen molar-refractivity contribution in [3.63, 3.8) is 0 Å². The second-order valence-electron chi connectivity index (χ2n) is 11.8. The first-order valence-corrected chi connectivity index (χ1v) is 16.6. The molecule has 4 aromatic rings. The Morgan fingerprint density at radius 1 is 0.780 bits per heavy atom. The van der Waals surface area contributed by atoms with Gasteiger partial charge in [0.2, 0.25) is 5.91 Å². The lowest BCUT2D eigenvalue weighted by Crippen LogP contribution is -2.41. The number of rotatable bonds is 20. The summed E-state index contributed by atoms with van der Waals surface area (Å²) in [5.41, 5.74) is 4.03. The smallest absolute Gasteiger partial charge is 0.320 e. The van der Waals surface area contributed by atoms with E-state index < -0.39 is 18.0 Å². The van der Waals surface area contributed by atoms with Crippen molar-refractivity contribution in [2.45, 2.75) is 51.3 Å². The Labute approximate surface area is 292 Å². The number of carbonyl (C=O) groups is 4. The summed E-state index contributed by atoms with van der Waals surface area (Å²) in [7, 11) is 0. The number of hydrogen-bond donors (Lipinski definition) is 4. The van der Waals surface area contributed by atoms with Gasteiger partial charge in [-0.05, 0) is 72.4 Å². The van der Waals surface area contributed by atoms with Gasteiger partial charge in [-0.2, -0.15) is 0 Å². The van der Waals surface area contributed by atoms with Crippen LogP contribution in [-0.4, -0.2) is 58.0 Å². The first kappa shape index (κ1) is 37.1. The predicted molar refractivity (Wildman–Crippen MR) is 193 cm³/mol. The fourth-order valence-electron chi connectivity index (χ4n) is 5.27. The first-order chi connectivity index (χ1) is 24.3. The van der Waals surface area contributed by atoms with Gasteiger partial charge in [0.25, 0.3) is 5.91 Å². The Morgan fingerprint density at radius 2 is 1.50 bits per heavy atom. The third-order valence-electron chi connectivity index (χ3n) is 7.91. The van der Waals surface area contributed by atoms with E-state index in [1.54, 1.807) is 24.3 Å². The number of unbranched alkanes of at least 4 members (excludes halogenated alkanes) is 1. The number of anilines is 1. The minimum atomic E-state index is -1.03. The minimum Gasteiger partial charge on any atom is -0.489 e. The van der Waals surface area contributed by atoms with Gasteiger partial charge in [-0.15, -0.1) is 0 Å². The fraction of sp³-hybridized carbons (Fsp3) is 0.250. The Kier molecular flexibility index (Phi) is 14.8. The molecule has 1 atom stereocenters. The summed E-state index contributed by atoms with van der Waals surface area (Å²) < 4.78 is 5.93. The molecule has 0 fully saturated rings. The molecule has 0 bridgehead atoms. The van der Waals surface area contributed by atoms with Crippen molar-refractivity contribution in [2.75, 3.05) is 18.4 Å². The van der Waals surface area contributed by atoms with E-state index in [9.17, 15) is 24.3 Å². The van der Waals surface area contributed by atoms with Crippen LogP contribution < -0.4 is 15.4 Å². The zero-order valence-electron chi connectivity index (χ0n) is 27.9. The third kappa shape index (κ3) is 13.0. The Hall–Kier alpha value is -5.74. The summed E-state index contributed by atoms with van der Waals surface area (Å²) in [4.78, 5) is 49.7. The van der Waals surface area contributed by atoms with Crippen molar-refractivity contribution in [1.29, 1.82) is 0 Å². The lowest BCUT2D eigenvalue weighted by molar-refractivity contribution is -0.143. The Morgan fingerprint density at radius 3 is 2.20 bits per heavy atom. The third-order valence-corrected chi connectivity index (χ3v) is 7.91. The van der Waals surface area contributed by atoms with Crippen molar-refractivity contribution in [3.8, 4) is 5.75 Å². The highest BCUT2D eigenvalue weighted by Crippen LogP contribution is 2.20. The second-order valence-corrected chi connectivity index (χ2v) is 11.8. The number of carboxylic acids is 2. The molecule has 0 aliphatic carbocycles. The summed E-state index contributed by atoms with van der Waals surface area (Å²) >= 11 is 0. The molecular weight excluding hydrogens is 634 g/mol. The zero-order chi connectivity index (χ0) is 35.6. The highest BCUT2D eigenvalue weighted by Gasteiger charge is 2.24. The van der Waals surface area contributed by atoms with Crippen LogP contribution in [-0.2, 0) is 27.5 Å². The molecule has 0 spiro atoms. The quantitative estimate of drug-likeness (QED) is 0.0763. The van der Waals surface area contributed by atoms with E-state index in [1.807, 2.05) is 102 Å². The van der Waals surface area contributed by atoms with Crippen molar-refractivity contribution in [2.24, 2.45) is 0 Å². The lowest BCUT2D eigenvalue weighted by atomic mass is 10.1. The van der Waals surface area contributed by atoms with Crippen molar-refractivity contribution in [3.05, 3.63) is 138 Å². The average molecular weight is 678 g/mol. The summed E-state index contributed by atoms with van der Waals surface area (Å²) in [5, 5.41) is 24.7. The van der Waals surface area contributed by atoms with Gasteiger partial charge in [0, 0.05) is 37.3 Å². The molecule has 0 saturated carbocycles. The second kappa shape index (κ2) is 19.9. The number of benzene rings is 4. The van der Waals surface area contributed by atoms with Crippen LogP contribution in [0.1, 0.15) is 59.2 Å². The van der Waals surface area contributed by atoms with Crippen LogP contribution in [0.15, 0.2) is 115 Å². The summed E-state index contributed by atoms with van der Waals surface area (Å²) in [6.07, 6.45) is 4.94. The van der Waals surface area contributed by atoms with Crippen LogP contribution in [0.3, 0.4) is 0 Å². The monoisotopic (exact) mass is 677 g/mol. The van der Waals surface area contributed by atoms with Gasteiger partial charge in [-0.3, -0.25) is 24.1 Å². The van der Waals surface area contributed by atoms with Crippen molar-refractivity contribution in [1.82, 2.24) is 10.2 Å². The van der Waals surface area contributed by atoms with Crippen LogP contribution in [0.5, 0.6) is 5.75 Å². The van der Waals surface area contributed by atoms with Gasteiger partial charge in [-0.1, -0.05) is 84.9 Å². The molecule has 10 nitrogen and oxygen atoms in total. The maximum absolute atomic E-state index is 12.6. The topological polar surface area (TPSA) is 145 Å². The molecule has 2 amide bonds.